The summed E-state index contributed by atoms with van der Waals surface area (Å²) in [5.41, 5.74) is 0.541. The molecule has 7 heteroatoms. The van der Waals surface area contributed by atoms with Gasteiger partial charge in [0.05, 0.1) is 6.54 Å². The zero-order valence-electron chi connectivity index (χ0n) is 12.1. The van der Waals surface area contributed by atoms with Gasteiger partial charge in [-0.2, -0.15) is 0 Å². The minimum atomic E-state index is -0.335. The molecule has 0 radical (unpaired) electrons. The van der Waals surface area contributed by atoms with E-state index in [1.807, 2.05) is 0 Å². The maximum absolute atomic E-state index is 12.8. The van der Waals surface area contributed by atoms with Gasteiger partial charge in [-0.15, -0.1) is 10.2 Å². The summed E-state index contributed by atoms with van der Waals surface area (Å²) >= 11 is 1.31. The molecule has 0 unspecified atom stereocenters. The summed E-state index contributed by atoms with van der Waals surface area (Å²) in [6, 6.07) is 5.64. The van der Waals surface area contributed by atoms with E-state index in [-0.39, 0.29) is 11.7 Å². The molecule has 1 aliphatic rings. The lowest BCUT2D eigenvalue weighted by molar-refractivity contribution is 0.102. The average molecular weight is 320 g/mol. The quantitative estimate of drug-likeness (QED) is 0.941. The van der Waals surface area contributed by atoms with Gasteiger partial charge in [-0.25, -0.2) is 4.39 Å². The standard InChI is InChI=1S/C15H17FN4OS/c16-11-4-6-12(7-5-11)17-14(21)15-19-18-13(22-15)10-20-8-2-1-3-9-20/h4-7H,1-3,8-10H2,(H,17,21). The fraction of sp³-hybridized carbons (Fsp3) is 0.400. The molecule has 0 saturated carbocycles. The van der Waals surface area contributed by atoms with Crippen molar-refractivity contribution in [3.63, 3.8) is 0 Å². The van der Waals surface area contributed by atoms with E-state index in [4.69, 9.17) is 0 Å². The Balaban J connectivity index is 1.60. The first-order valence-electron chi connectivity index (χ1n) is 7.32. The maximum atomic E-state index is 12.8. The molecular weight excluding hydrogens is 303 g/mol. The number of halogens is 1. The molecule has 2 heterocycles. The number of nitrogens with one attached hydrogen (secondary N) is 1. The van der Waals surface area contributed by atoms with E-state index in [1.54, 1.807) is 0 Å². The summed E-state index contributed by atoms with van der Waals surface area (Å²) in [5, 5.41) is 11.9. The van der Waals surface area contributed by atoms with Crippen molar-refractivity contribution in [1.82, 2.24) is 15.1 Å². The predicted molar refractivity (Wildman–Crippen MR) is 83.4 cm³/mol. The van der Waals surface area contributed by atoms with Gasteiger partial charge in [0.2, 0.25) is 5.01 Å². The number of nitrogens with zero attached hydrogens (tertiary/aromatic N) is 3. The zero-order chi connectivity index (χ0) is 15.4. The molecule has 3 rings (SSSR count). The van der Waals surface area contributed by atoms with Crippen LogP contribution in [-0.2, 0) is 6.54 Å². The largest absolute Gasteiger partial charge is 0.320 e. The fourth-order valence-corrected chi connectivity index (χ4v) is 3.21. The first-order valence-corrected chi connectivity index (χ1v) is 8.14. The molecule has 1 fully saturated rings. The van der Waals surface area contributed by atoms with Gasteiger partial charge in [0.15, 0.2) is 0 Å². The van der Waals surface area contributed by atoms with Crippen LogP contribution in [0.1, 0.15) is 34.1 Å². The lowest BCUT2D eigenvalue weighted by Gasteiger charge is -2.24. The van der Waals surface area contributed by atoms with E-state index in [2.05, 4.69) is 20.4 Å². The third kappa shape index (κ3) is 3.86. The second-order valence-corrected chi connectivity index (χ2v) is 6.36. The topological polar surface area (TPSA) is 58.1 Å². The van der Waals surface area contributed by atoms with Crippen molar-refractivity contribution in [2.45, 2.75) is 25.8 Å². The number of amides is 1. The van der Waals surface area contributed by atoms with Crippen LogP contribution in [0.25, 0.3) is 0 Å². The molecule has 1 aromatic carbocycles. The van der Waals surface area contributed by atoms with Crippen LogP contribution in [0.15, 0.2) is 24.3 Å². The van der Waals surface area contributed by atoms with Gasteiger partial charge >= 0.3 is 0 Å². The normalized spacial score (nSPS) is 15.7. The van der Waals surface area contributed by atoms with Crippen molar-refractivity contribution in [3.8, 4) is 0 Å². The molecule has 116 valence electrons. The van der Waals surface area contributed by atoms with Gasteiger partial charge in [-0.1, -0.05) is 17.8 Å². The molecule has 22 heavy (non-hydrogen) atoms. The summed E-state index contributed by atoms with van der Waals surface area (Å²) in [6.45, 7) is 2.91. The van der Waals surface area contributed by atoms with Crippen molar-refractivity contribution < 1.29 is 9.18 Å². The summed E-state index contributed by atoms with van der Waals surface area (Å²) in [5.74, 6) is -0.647. The Kier molecular flexibility index (Phi) is 4.74. The second-order valence-electron chi connectivity index (χ2n) is 5.30. The fourth-order valence-electron chi connectivity index (χ4n) is 2.44. The minimum Gasteiger partial charge on any atom is -0.320 e. The maximum Gasteiger partial charge on any atom is 0.286 e. The molecule has 0 bridgehead atoms. The molecule has 1 saturated heterocycles. The highest BCUT2D eigenvalue weighted by Crippen LogP contribution is 2.17. The summed E-state index contributed by atoms with van der Waals surface area (Å²) in [7, 11) is 0. The lowest BCUT2D eigenvalue weighted by atomic mass is 10.1. The van der Waals surface area contributed by atoms with Crippen LogP contribution in [0, 0.1) is 5.82 Å². The van der Waals surface area contributed by atoms with E-state index >= 15 is 0 Å². The van der Waals surface area contributed by atoms with E-state index in [9.17, 15) is 9.18 Å². The third-order valence-corrected chi connectivity index (χ3v) is 4.48. The van der Waals surface area contributed by atoms with Crippen LogP contribution in [-0.4, -0.2) is 34.1 Å². The SMILES string of the molecule is O=C(Nc1ccc(F)cc1)c1nnc(CN2CCCCC2)s1. The van der Waals surface area contributed by atoms with Gasteiger partial charge in [-0.3, -0.25) is 9.69 Å². The second kappa shape index (κ2) is 6.93. The van der Waals surface area contributed by atoms with Gasteiger partial charge in [0.25, 0.3) is 5.91 Å². The minimum absolute atomic E-state index is 0.311. The van der Waals surface area contributed by atoms with Crippen LogP contribution >= 0.6 is 11.3 Å². The van der Waals surface area contributed by atoms with E-state index < -0.39 is 0 Å². The van der Waals surface area contributed by atoms with Crippen LogP contribution in [0.2, 0.25) is 0 Å². The van der Waals surface area contributed by atoms with E-state index in [1.165, 1.54) is 54.9 Å². The first-order chi connectivity index (χ1) is 10.7. The number of hydrogen-bond acceptors (Lipinski definition) is 5. The predicted octanol–water partition coefficient (Wildman–Crippen LogP) is 2.92. The Labute approximate surface area is 132 Å². The molecule has 1 aromatic heterocycles. The molecule has 0 atom stereocenters. The Morgan fingerprint density at radius 2 is 1.91 bits per heavy atom. The number of rotatable bonds is 4. The summed E-state index contributed by atoms with van der Waals surface area (Å²) in [6.07, 6.45) is 3.73. The van der Waals surface area contributed by atoms with Gasteiger partial charge in [0, 0.05) is 5.69 Å². The number of hydrogen-bond donors (Lipinski definition) is 1. The Morgan fingerprint density at radius 3 is 2.64 bits per heavy atom. The van der Waals surface area contributed by atoms with Gasteiger partial charge in [-0.05, 0) is 50.2 Å². The van der Waals surface area contributed by atoms with Gasteiger partial charge in [0.1, 0.15) is 10.8 Å². The number of carbonyl (C=O) groups is 1. The lowest BCUT2D eigenvalue weighted by Crippen LogP contribution is -2.28. The molecular formula is C15H17FN4OS. The number of benzene rings is 1. The van der Waals surface area contributed by atoms with Crippen molar-refractivity contribution in [3.05, 3.63) is 40.1 Å². The summed E-state index contributed by atoms with van der Waals surface area (Å²) in [4.78, 5) is 14.4. The highest BCUT2D eigenvalue weighted by molar-refractivity contribution is 7.13. The number of anilines is 1. The number of piperidine rings is 1. The zero-order valence-corrected chi connectivity index (χ0v) is 12.9. The van der Waals surface area contributed by atoms with Crippen molar-refractivity contribution in [2.75, 3.05) is 18.4 Å². The Bertz CT molecular complexity index is 637. The van der Waals surface area contributed by atoms with Crippen LogP contribution < -0.4 is 5.32 Å². The van der Waals surface area contributed by atoms with Crippen molar-refractivity contribution in [1.29, 1.82) is 0 Å². The first kappa shape index (κ1) is 15.1. The van der Waals surface area contributed by atoms with Crippen molar-refractivity contribution >= 4 is 22.9 Å². The monoisotopic (exact) mass is 320 g/mol. The third-order valence-electron chi connectivity index (χ3n) is 3.57. The van der Waals surface area contributed by atoms with Crippen LogP contribution in [0.4, 0.5) is 10.1 Å². The van der Waals surface area contributed by atoms with Crippen LogP contribution in [0.5, 0.6) is 0 Å². The number of likely N-dealkylation sites (tertiary alicyclic amines) is 1. The highest BCUT2D eigenvalue weighted by atomic mass is 32.1. The molecule has 0 spiro atoms. The summed E-state index contributed by atoms with van der Waals surface area (Å²) < 4.78 is 12.8. The van der Waals surface area contributed by atoms with Crippen molar-refractivity contribution in [2.24, 2.45) is 0 Å². The Morgan fingerprint density at radius 1 is 1.18 bits per heavy atom. The average Bonchev–Trinajstić information content (AvgIpc) is 2.99. The number of aromatic nitrogens is 2. The smallest absolute Gasteiger partial charge is 0.286 e. The Hall–Kier alpha value is -1.86. The molecule has 0 aliphatic carbocycles. The molecule has 2 aromatic rings. The van der Waals surface area contributed by atoms with Gasteiger partial charge < -0.3 is 5.32 Å². The highest BCUT2D eigenvalue weighted by Gasteiger charge is 2.16. The molecule has 5 nitrogen and oxygen atoms in total. The number of carbonyl (C=O) groups excluding carboxylic acids is 1. The molecule has 1 amide bonds. The molecule has 1 aliphatic heterocycles. The van der Waals surface area contributed by atoms with E-state index in [0.29, 0.717) is 10.7 Å². The van der Waals surface area contributed by atoms with E-state index in [0.717, 1.165) is 24.6 Å². The van der Waals surface area contributed by atoms with Crippen LogP contribution in [0.3, 0.4) is 0 Å². The molecule has 1 N–H and O–H groups in total.